The molecule has 3 aromatic rings. The maximum Gasteiger partial charge on any atom is 0.354 e. The molecule has 2 bridgehead atoms. The fraction of sp³-hybridized carbons (Fsp3) is 0.462. The molecule has 3 atom stereocenters. The predicted octanol–water partition coefficient (Wildman–Crippen LogP) is 4.73. The highest BCUT2D eigenvalue weighted by Gasteiger charge is 2.43. The molecule has 176 valence electrons. The number of aryl methyl sites for hydroxylation is 1. The van der Waals surface area contributed by atoms with Crippen LogP contribution < -0.4 is 4.90 Å². The standard InChI is InChI=1S/C26H28N4O4/c1-15-11-22(25(31)32)28-26(27-15)30-18-9-10-19(30)13-20(12-18)33-14-21-23(16-5-3-2-4-6-16)29-34-24(21)17-7-8-17/h2-6,11,17-20H,7-10,12-14H2,1H3,(H,31,32)/t18-,19?,20?/m0/s1. The Labute approximate surface area is 198 Å². The van der Waals surface area contributed by atoms with Crippen LogP contribution in [0.4, 0.5) is 5.95 Å². The Morgan fingerprint density at radius 3 is 2.53 bits per heavy atom. The summed E-state index contributed by atoms with van der Waals surface area (Å²) in [5, 5.41) is 13.8. The fourth-order valence-electron chi connectivity index (χ4n) is 5.52. The zero-order valence-electron chi connectivity index (χ0n) is 19.2. The highest BCUT2D eigenvalue weighted by molar-refractivity contribution is 5.85. The maximum atomic E-state index is 11.5. The molecule has 4 heterocycles. The largest absolute Gasteiger partial charge is 0.477 e. The molecule has 2 unspecified atom stereocenters. The molecule has 2 saturated heterocycles. The van der Waals surface area contributed by atoms with E-state index < -0.39 is 5.97 Å². The molecule has 1 saturated carbocycles. The molecule has 1 N–H and O–H groups in total. The Balaban J connectivity index is 1.19. The molecule has 0 spiro atoms. The maximum absolute atomic E-state index is 11.5. The van der Waals surface area contributed by atoms with Gasteiger partial charge in [0.1, 0.15) is 11.5 Å². The van der Waals surface area contributed by atoms with Gasteiger partial charge in [0.2, 0.25) is 5.95 Å². The second kappa shape index (κ2) is 8.51. The lowest BCUT2D eigenvalue weighted by atomic mass is 9.99. The van der Waals surface area contributed by atoms with E-state index in [0.717, 1.165) is 61.1 Å². The van der Waals surface area contributed by atoms with Gasteiger partial charge in [-0.15, -0.1) is 0 Å². The lowest BCUT2D eigenvalue weighted by Crippen LogP contribution is -2.46. The number of carboxylic acids is 1. The summed E-state index contributed by atoms with van der Waals surface area (Å²) < 4.78 is 12.3. The second-order valence-electron chi connectivity index (χ2n) is 9.71. The monoisotopic (exact) mass is 460 g/mol. The van der Waals surface area contributed by atoms with E-state index in [2.05, 4.69) is 32.2 Å². The van der Waals surface area contributed by atoms with Gasteiger partial charge >= 0.3 is 5.97 Å². The fourth-order valence-corrected chi connectivity index (χ4v) is 5.52. The Hall–Kier alpha value is -3.26. The van der Waals surface area contributed by atoms with Crippen molar-refractivity contribution in [2.75, 3.05) is 4.90 Å². The van der Waals surface area contributed by atoms with E-state index in [0.29, 0.717) is 24.2 Å². The van der Waals surface area contributed by atoms with Crippen molar-refractivity contribution in [2.24, 2.45) is 0 Å². The number of nitrogens with zero attached hydrogens (tertiary/aromatic N) is 4. The van der Waals surface area contributed by atoms with Gasteiger partial charge in [0.05, 0.1) is 12.7 Å². The van der Waals surface area contributed by atoms with E-state index in [9.17, 15) is 9.90 Å². The molecule has 2 aliphatic heterocycles. The van der Waals surface area contributed by atoms with Crippen LogP contribution in [0.2, 0.25) is 0 Å². The molecule has 8 heteroatoms. The van der Waals surface area contributed by atoms with Crippen molar-refractivity contribution in [1.82, 2.24) is 15.1 Å². The summed E-state index contributed by atoms with van der Waals surface area (Å²) >= 11 is 0. The minimum Gasteiger partial charge on any atom is -0.477 e. The number of piperidine rings is 1. The molecular formula is C26H28N4O4. The molecule has 3 fully saturated rings. The van der Waals surface area contributed by atoms with Crippen molar-refractivity contribution in [2.45, 2.75) is 76.2 Å². The van der Waals surface area contributed by atoms with Crippen LogP contribution in [0.5, 0.6) is 0 Å². The minimum absolute atomic E-state index is 0.0498. The summed E-state index contributed by atoms with van der Waals surface area (Å²) in [5.74, 6) is 0.952. The SMILES string of the molecule is Cc1cc(C(=O)O)nc(N2C3CC[C@H]2CC(OCc2c(-c4ccccc4)noc2C2CC2)C3)n1. The molecule has 2 aromatic heterocycles. The third kappa shape index (κ3) is 3.96. The van der Waals surface area contributed by atoms with Gasteiger partial charge in [-0.2, -0.15) is 0 Å². The zero-order chi connectivity index (χ0) is 23.2. The van der Waals surface area contributed by atoms with Crippen LogP contribution in [0, 0.1) is 6.92 Å². The van der Waals surface area contributed by atoms with Crippen molar-refractivity contribution in [1.29, 1.82) is 0 Å². The van der Waals surface area contributed by atoms with Crippen LogP contribution in [0.15, 0.2) is 40.9 Å². The summed E-state index contributed by atoms with van der Waals surface area (Å²) in [4.78, 5) is 22.6. The number of hydrogen-bond acceptors (Lipinski definition) is 7. The summed E-state index contributed by atoms with van der Waals surface area (Å²) in [6.07, 6.45) is 6.26. The predicted molar refractivity (Wildman–Crippen MR) is 125 cm³/mol. The molecule has 3 aliphatic rings. The molecule has 0 amide bonds. The van der Waals surface area contributed by atoms with Gasteiger partial charge in [-0.1, -0.05) is 35.5 Å². The summed E-state index contributed by atoms with van der Waals surface area (Å²) in [6, 6.07) is 12.2. The first-order valence-electron chi connectivity index (χ1n) is 12.1. The first-order valence-corrected chi connectivity index (χ1v) is 12.1. The number of rotatable bonds is 7. The molecular weight excluding hydrogens is 432 g/mol. The number of aromatic carboxylic acids is 1. The molecule has 34 heavy (non-hydrogen) atoms. The number of carboxylic acid groups (broad SMARTS) is 1. The number of ether oxygens (including phenoxy) is 1. The Morgan fingerprint density at radius 2 is 1.85 bits per heavy atom. The summed E-state index contributed by atoms with van der Waals surface area (Å²) in [5.41, 5.74) is 3.74. The second-order valence-corrected chi connectivity index (χ2v) is 9.71. The van der Waals surface area contributed by atoms with Crippen LogP contribution >= 0.6 is 0 Å². The zero-order valence-corrected chi connectivity index (χ0v) is 19.2. The van der Waals surface area contributed by atoms with Crippen LogP contribution in [0.25, 0.3) is 11.3 Å². The smallest absolute Gasteiger partial charge is 0.354 e. The van der Waals surface area contributed by atoms with Crippen molar-refractivity contribution in [3.63, 3.8) is 0 Å². The van der Waals surface area contributed by atoms with Crippen LogP contribution in [0.1, 0.15) is 71.9 Å². The van der Waals surface area contributed by atoms with Crippen molar-refractivity contribution < 1.29 is 19.2 Å². The third-order valence-corrected chi connectivity index (χ3v) is 7.26. The van der Waals surface area contributed by atoms with Crippen molar-refractivity contribution in [3.8, 4) is 11.3 Å². The Kier molecular flexibility index (Phi) is 5.32. The van der Waals surface area contributed by atoms with Gasteiger partial charge in [0, 0.05) is 34.8 Å². The highest BCUT2D eigenvalue weighted by Crippen LogP contribution is 2.45. The van der Waals surface area contributed by atoms with Crippen LogP contribution in [0.3, 0.4) is 0 Å². The number of carbonyl (C=O) groups is 1. The topological polar surface area (TPSA) is 102 Å². The molecule has 8 nitrogen and oxygen atoms in total. The number of fused-ring (bicyclic) bond motifs is 2. The molecule has 1 aliphatic carbocycles. The van der Waals surface area contributed by atoms with E-state index in [1.54, 1.807) is 0 Å². The molecule has 6 rings (SSSR count). The average molecular weight is 461 g/mol. The van der Waals surface area contributed by atoms with E-state index in [1.165, 1.54) is 6.07 Å². The first kappa shape index (κ1) is 21.3. The minimum atomic E-state index is -1.02. The first-order chi connectivity index (χ1) is 16.6. The van der Waals surface area contributed by atoms with Gasteiger partial charge in [0.15, 0.2) is 5.69 Å². The van der Waals surface area contributed by atoms with Crippen LogP contribution in [-0.4, -0.2) is 44.4 Å². The number of anilines is 1. The van der Waals surface area contributed by atoms with E-state index in [4.69, 9.17) is 9.26 Å². The lowest BCUT2D eigenvalue weighted by molar-refractivity contribution is 0.0144. The van der Waals surface area contributed by atoms with Crippen LogP contribution in [-0.2, 0) is 11.3 Å². The van der Waals surface area contributed by atoms with E-state index in [1.807, 2.05) is 25.1 Å². The van der Waals surface area contributed by atoms with Gasteiger partial charge in [-0.05, 0) is 51.5 Å². The Bertz CT molecular complexity index is 1190. The average Bonchev–Trinajstić information content (AvgIpc) is 3.53. The number of benzene rings is 1. The summed E-state index contributed by atoms with van der Waals surface area (Å²) in [6.45, 7) is 2.31. The van der Waals surface area contributed by atoms with Gasteiger partial charge in [0.25, 0.3) is 0 Å². The number of aromatic nitrogens is 3. The van der Waals surface area contributed by atoms with Crippen molar-refractivity contribution in [3.05, 3.63) is 59.1 Å². The normalized spacial score (nSPS) is 23.9. The van der Waals surface area contributed by atoms with E-state index >= 15 is 0 Å². The lowest BCUT2D eigenvalue weighted by Gasteiger charge is -2.39. The molecule has 0 radical (unpaired) electrons. The van der Waals surface area contributed by atoms with E-state index in [-0.39, 0.29) is 23.9 Å². The van der Waals surface area contributed by atoms with Gasteiger partial charge in [-0.3, -0.25) is 0 Å². The van der Waals surface area contributed by atoms with Gasteiger partial charge in [-0.25, -0.2) is 14.8 Å². The molecule has 1 aromatic carbocycles. The van der Waals surface area contributed by atoms with Gasteiger partial charge < -0.3 is 19.3 Å². The quantitative estimate of drug-likeness (QED) is 0.540. The van der Waals surface area contributed by atoms with Crippen molar-refractivity contribution >= 4 is 11.9 Å². The Morgan fingerprint density at radius 1 is 1.12 bits per heavy atom. The summed E-state index contributed by atoms with van der Waals surface area (Å²) in [7, 11) is 0. The third-order valence-electron chi connectivity index (χ3n) is 7.26. The highest BCUT2D eigenvalue weighted by atomic mass is 16.5. The number of hydrogen-bond donors (Lipinski definition) is 1.